The molecule has 0 radical (unpaired) electrons. The molecule has 17 heavy (non-hydrogen) atoms. The lowest BCUT2D eigenvalue weighted by atomic mass is 9.90. The zero-order valence-electron chi connectivity index (χ0n) is 11.1. The van der Waals surface area contributed by atoms with E-state index < -0.39 is 0 Å². The van der Waals surface area contributed by atoms with Crippen molar-refractivity contribution in [3.05, 3.63) is 11.6 Å². The number of ether oxygens (including phenoxy) is 1. The highest BCUT2D eigenvalue weighted by Gasteiger charge is 2.09. The van der Waals surface area contributed by atoms with Crippen molar-refractivity contribution in [3.8, 4) is 11.8 Å². The molecule has 1 unspecified atom stereocenters. The molecule has 0 aliphatic heterocycles. The van der Waals surface area contributed by atoms with Gasteiger partial charge in [-0.2, -0.15) is 0 Å². The quantitative estimate of drug-likeness (QED) is 0.540. The van der Waals surface area contributed by atoms with Crippen molar-refractivity contribution in [2.45, 2.75) is 59.0 Å². The van der Waals surface area contributed by atoms with Crippen LogP contribution in [0.25, 0.3) is 0 Å². The summed E-state index contributed by atoms with van der Waals surface area (Å²) >= 11 is 0. The van der Waals surface area contributed by atoms with Crippen LogP contribution in [-0.2, 0) is 9.53 Å². The van der Waals surface area contributed by atoms with Gasteiger partial charge in [-0.25, -0.2) is 0 Å². The first kappa shape index (κ1) is 13.8. The summed E-state index contributed by atoms with van der Waals surface area (Å²) in [5.41, 5.74) is 0.990. The van der Waals surface area contributed by atoms with Crippen LogP contribution in [0.4, 0.5) is 0 Å². The van der Waals surface area contributed by atoms with Crippen molar-refractivity contribution in [2.24, 2.45) is 5.92 Å². The molecule has 1 fully saturated rings. The van der Waals surface area contributed by atoms with Gasteiger partial charge in [0.2, 0.25) is 0 Å². The van der Waals surface area contributed by atoms with Crippen LogP contribution in [0, 0.1) is 17.8 Å². The van der Waals surface area contributed by atoms with E-state index in [0.29, 0.717) is 5.92 Å². The second-order valence-electron chi connectivity index (χ2n) is 4.77. The number of carbonyl (C=O) groups excluding carboxylic acids is 1. The molecule has 2 nitrogen and oxygen atoms in total. The van der Waals surface area contributed by atoms with Gasteiger partial charge < -0.3 is 4.74 Å². The third-order valence-electron chi connectivity index (χ3n) is 2.92. The minimum Gasteiger partial charge on any atom is -0.459 e. The Labute approximate surface area is 104 Å². The lowest BCUT2D eigenvalue weighted by Gasteiger charge is -2.15. The Bertz CT molecular complexity index is 338. The second-order valence-corrected chi connectivity index (χ2v) is 4.77. The number of rotatable bonds is 2. The normalized spacial score (nSPS) is 19.1. The summed E-state index contributed by atoms with van der Waals surface area (Å²) in [7, 11) is 0. The fourth-order valence-electron chi connectivity index (χ4n) is 2.15. The van der Waals surface area contributed by atoms with Gasteiger partial charge in [0.1, 0.15) is 6.10 Å². The van der Waals surface area contributed by atoms with E-state index in [2.05, 4.69) is 11.8 Å². The molecule has 1 aliphatic rings. The number of hydrogen-bond acceptors (Lipinski definition) is 2. The third-order valence-corrected chi connectivity index (χ3v) is 2.92. The summed E-state index contributed by atoms with van der Waals surface area (Å²) in [6.07, 6.45) is 8.17. The zero-order chi connectivity index (χ0) is 12.7. The SMILES string of the molecule is CC(=O)OC(C)/C=C(/C)C#CC1CCCCC1. The molecule has 0 N–H and O–H groups in total. The van der Waals surface area contributed by atoms with Crippen LogP contribution in [0.5, 0.6) is 0 Å². The highest BCUT2D eigenvalue weighted by atomic mass is 16.5. The first-order valence-electron chi connectivity index (χ1n) is 6.45. The Hall–Kier alpha value is -1.23. The molecule has 0 spiro atoms. The van der Waals surface area contributed by atoms with Gasteiger partial charge in [0, 0.05) is 12.8 Å². The fraction of sp³-hybridized carbons (Fsp3) is 0.667. The van der Waals surface area contributed by atoms with Crippen LogP contribution in [0.1, 0.15) is 52.9 Å². The molecule has 94 valence electrons. The Morgan fingerprint density at radius 1 is 1.29 bits per heavy atom. The maximum atomic E-state index is 10.8. The van der Waals surface area contributed by atoms with Crippen molar-refractivity contribution in [3.63, 3.8) is 0 Å². The maximum Gasteiger partial charge on any atom is 0.303 e. The van der Waals surface area contributed by atoms with Gasteiger partial charge in [-0.15, -0.1) is 0 Å². The van der Waals surface area contributed by atoms with E-state index in [0.717, 1.165) is 5.57 Å². The Kier molecular flexibility index (Phi) is 5.83. The molecule has 1 aliphatic carbocycles. The number of allylic oxidation sites excluding steroid dienone is 1. The van der Waals surface area contributed by atoms with Gasteiger partial charge in [0.25, 0.3) is 0 Å². The van der Waals surface area contributed by atoms with Crippen molar-refractivity contribution >= 4 is 5.97 Å². The number of hydrogen-bond donors (Lipinski definition) is 0. The van der Waals surface area contributed by atoms with E-state index in [-0.39, 0.29) is 12.1 Å². The lowest BCUT2D eigenvalue weighted by Crippen LogP contribution is -2.09. The molecule has 0 amide bonds. The van der Waals surface area contributed by atoms with Crippen molar-refractivity contribution in [1.82, 2.24) is 0 Å². The molecule has 0 heterocycles. The van der Waals surface area contributed by atoms with Crippen LogP contribution >= 0.6 is 0 Å². The largest absolute Gasteiger partial charge is 0.459 e. The molecule has 0 bridgehead atoms. The van der Waals surface area contributed by atoms with E-state index in [9.17, 15) is 4.79 Å². The zero-order valence-corrected chi connectivity index (χ0v) is 11.1. The third kappa shape index (κ3) is 6.16. The minimum atomic E-state index is -0.248. The first-order valence-corrected chi connectivity index (χ1v) is 6.45. The molecule has 0 aromatic rings. The molecule has 0 saturated heterocycles. The van der Waals surface area contributed by atoms with Gasteiger partial charge in [0.15, 0.2) is 0 Å². The predicted octanol–water partition coefficient (Wildman–Crippen LogP) is 3.47. The monoisotopic (exact) mass is 234 g/mol. The summed E-state index contributed by atoms with van der Waals surface area (Å²) < 4.78 is 5.03. The average molecular weight is 234 g/mol. The fourth-order valence-corrected chi connectivity index (χ4v) is 2.15. The van der Waals surface area contributed by atoms with Crippen molar-refractivity contribution in [1.29, 1.82) is 0 Å². The van der Waals surface area contributed by atoms with Crippen LogP contribution < -0.4 is 0 Å². The Balaban J connectivity index is 2.46. The molecule has 2 heteroatoms. The van der Waals surface area contributed by atoms with Crippen LogP contribution in [0.2, 0.25) is 0 Å². The van der Waals surface area contributed by atoms with Crippen molar-refractivity contribution in [2.75, 3.05) is 0 Å². The number of esters is 1. The topological polar surface area (TPSA) is 26.3 Å². The van der Waals surface area contributed by atoms with Gasteiger partial charge >= 0.3 is 5.97 Å². The molecule has 1 rings (SSSR count). The molecule has 0 aromatic heterocycles. The Morgan fingerprint density at radius 3 is 2.53 bits per heavy atom. The average Bonchev–Trinajstić information content (AvgIpc) is 2.26. The summed E-state index contributed by atoms with van der Waals surface area (Å²) in [4.78, 5) is 10.8. The first-order chi connectivity index (χ1) is 8.08. The van der Waals surface area contributed by atoms with Gasteiger partial charge in [-0.05, 0) is 38.3 Å². The lowest BCUT2D eigenvalue weighted by molar-refractivity contribution is -0.143. The Morgan fingerprint density at radius 2 is 1.94 bits per heavy atom. The van der Waals surface area contributed by atoms with Crippen LogP contribution in [0.3, 0.4) is 0 Å². The predicted molar refractivity (Wildman–Crippen MR) is 69.3 cm³/mol. The molecule has 1 saturated carbocycles. The van der Waals surface area contributed by atoms with E-state index in [4.69, 9.17) is 4.74 Å². The summed E-state index contributed by atoms with van der Waals surface area (Å²) in [6, 6.07) is 0. The minimum absolute atomic E-state index is 0.187. The molecular weight excluding hydrogens is 212 g/mol. The van der Waals surface area contributed by atoms with E-state index in [1.807, 2.05) is 19.9 Å². The van der Waals surface area contributed by atoms with Gasteiger partial charge in [-0.1, -0.05) is 31.1 Å². The second kappa shape index (κ2) is 7.17. The van der Waals surface area contributed by atoms with Crippen molar-refractivity contribution < 1.29 is 9.53 Å². The maximum absolute atomic E-state index is 10.8. The van der Waals surface area contributed by atoms with E-state index >= 15 is 0 Å². The van der Waals surface area contributed by atoms with Crippen LogP contribution in [-0.4, -0.2) is 12.1 Å². The highest BCUT2D eigenvalue weighted by Crippen LogP contribution is 2.22. The van der Waals surface area contributed by atoms with Crippen LogP contribution in [0.15, 0.2) is 11.6 Å². The summed E-state index contributed by atoms with van der Waals surface area (Å²) in [5, 5.41) is 0. The van der Waals surface area contributed by atoms with Gasteiger partial charge in [-0.3, -0.25) is 4.79 Å². The van der Waals surface area contributed by atoms with E-state index in [1.165, 1.54) is 39.0 Å². The number of carbonyl (C=O) groups is 1. The smallest absolute Gasteiger partial charge is 0.303 e. The molecule has 0 aromatic carbocycles. The standard InChI is InChI=1S/C15H22O2/c1-12(11-13(2)17-14(3)16)9-10-15-7-5-4-6-8-15/h11,13,15H,4-8H2,1-3H3/b12-11-. The highest BCUT2D eigenvalue weighted by molar-refractivity contribution is 5.66. The summed E-state index contributed by atoms with van der Waals surface area (Å²) in [5.74, 6) is 6.82. The van der Waals surface area contributed by atoms with E-state index in [1.54, 1.807) is 0 Å². The molecular formula is C15H22O2. The van der Waals surface area contributed by atoms with Gasteiger partial charge in [0.05, 0.1) is 0 Å². The molecule has 1 atom stereocenters. The summed E-state index contributed by atoms with van der Waals surface area (Å²) in [6.45, 7) is 5.25.